The molecule has 3 aromatic rings. The van der Waals surface area contributed by atoms with Gasteiger partial charge in [-0.2, -0.15) is 0 Å². The van der Waals surface area contributed by atoms with Gasteiger partial charge in [-0.05, 0) is 61.4 Å². The molecule has 0 spiro atoms. The van der Waals surface area contributed by atoms with Crippen LogP contribution >= 0.6 is 11.8 Å². The predicted octanol–water partition coefficient (Wildman–Crippen LogP) is 3.58. The fraction of sp³-hybridized carbons (Fsp3) is 0.211. The van der Waals surface area contributed by atoms with E-state index in [1.807, 2.05) is 0 Å². The molecule has 1 heterocycles. The van der Waals surface area contributed by atoms with Gasteiger partial charge in [-0.15, -0.1) is 10.2 Å². The lowest BCUT2D eigenvalue weighted by molar-refractivity contribution is -0.118. The van der Waals surface area contributed by atoms with Gasteiger partial charge in [0.1, 0.15) is 11.6 Å². The predicted molar refractivity (Wildman–Crippen MR) is 98.6 cm³/mol. The Morgan fingerprint density at radius 2 is 1.67 bits per heavy atom. The summed E-state index contributed by atoms with van der Waals surface area (Å²) in [4.78, 5) is 12.0. The minimum atomic E-state index is -0.354. The van der Waals surface area contributed by atoms with E-state index < -0.39 is 0 Å². The van der Waals surface area contributed by atoms with E-state index in [2.05, 4.69) is 15.5 Å². The molecular weight excluding hydrogens is 370 g/mol. The molecule has 1 aromatic heterocycles. The van der Waals surface area contributed by atoms with Crippen LogP contribution in [0.1, 0.15) is 12.8 Å². The average molecular weight is 386 g/mol. The van der Waals surface area contributed by atoms with Gasteiger partial charge in [-0.25, -0.2) is 8.78 Å². The standard InChI is InChI=1S/C19H16F2N4OS/c20-13-3-1-12(2-4-13)18-23-24-19(27-11-17(26)22-15-7-8-15)25(18)16-9-5-14(21)6-10-16/h1-6,9-10,15H,7-8,11H2,(H,22,26). The van der Waals surface area contributed by atoms with Crippen LogP contribution < -0.4 is 5.32 Å². The first-order chi connectivity index (χ1) is 13.1. The minimum Gasteiger partial charge on any atom is -0.353 e. The number of hydrogen-bond acceptors (Lipinski definition) is 4. The number of aromatic nitrogens is 3. The third-order valence-electron chi connectivity index (χ3n) is 4.10. The van der Waals surface area contributed by atoms with Crippen LogP contribution in [0.25, 0.3) is 17.1 Å². The summed E-state index contributed by atoms with van der Waals surface area (Å²) in [5.74, 6) is -0.0588. The second-order valence-electron chi connectivity index (χ2n) is 6.26. The fourth-order valence-corrected chi connectivity index (χ4v) is 3.36. The van der Waals surface area contributed by atoms with Crippen LogP contribution in [0.4, 0.5) is 8.78 Å². The second kappa shape index (κ2) is 7.48. The van der Waals surface area contributed by atoms with E-state index in [1.54, 1.807) is 28.8 Å². The minimum absolute atomic E-state index is 0.0560. The summed E-state index contributed by atoms with van der Waals surface area (Å²) < 4.78 is 28.3. The number of rotatable bonds is 6. The first kappa shape index (κ1) is 17.7. The van der Waals surface area contributed by atoms with Crippen LogP contribution in [-0.2, 0) is 4.79 Å². The Morgan fingerprint density at radius 1 is 1.04 bits per heavy atom. The molecule has 1 aliphatic rings. The molecule has 4 rings (SSSR count). The molecule has 2 aromatic carbocycles. The van der Waals surface area contributed by atoms with Crippen molar-refractivity contribution in [2.45, 2.75) is 24.0 Å². The summed E-state index contributed by atoms with van der Waals surface area (Å²) in [6.45, 7) is 0. The molecule has 0 saturated heterocycles. The lowest BCUT2D eigenvalue weighted by Gasteiger charge is -2.10. The van der Waals surface area contributed by atoms with Gasteiger partial charge < -0.3 is 5.32 Å². The van der Waals surface area contributed by atoms with E-state index in [9.17, 15) is 13.6 Å². The number of carbonyl (C=O) groups is 1. The summed E-state index contributed by atoms with van der Waals surface area (Å²) in [5.41, 5.74) is 1.33. The monoisotopic (exact) mass is 386 g/mol. The van der Waals surface area contributed by atoms with Crippen molar-refractivity contribution in [2.75, 3.05) is 5.75 Å². The summed E-state index contributed by atoms with van der Waals surface area (Å²) in [7, 11) is 0. The molecule has 0 aliphatic heterocycles. The van der Waals surface area contributed by atoms with E-state index in [-0.39, 0.29) is 23.3 Å². The van der Waals surface area contributed by atoms with Gasteiger partial charge in [-0.3, -0.25) is 9.36 Å². The van der Waals surface area contributed by atoms with E-state index in [0.717, 1.165) is 12.8 Å². The second-order valence-corrected chi connectivity index (χ2v) is 7.20. The third kappa shape index (κ3) is 4.16. The number of carbonyl (C=O) groups excluding carboxylic acids is 1. The van der Waals surface area contributed by atoms with Crippen LogP contribution in [0, 0.1) is 11.6 Å². The SMILES string of the molecule is O=C(CSc1nnc(-c2ccc(F)cc2)n1-c1ccc(F)cc1)NC1CC1. The number of benzene rings is 2. The van der Waals surface area contributed by atoms with Crippen molar-refractivity contribution in [3.05, 3.63) is 60.2 Å². The number of nitrogens with zero attached hydrogens (tertiary/aromatic N) is 3. The molecule has 27 heavy (non-hydrogen) atoms. The number of nitrogens with one attached hydrogen (secondary N) is 1. The van der Waals surface area contributed by atoms with Crippen molar-refractivity contribution in [3.8, 4) is 17.1 Å². The quantitative estimate of drug-likeness (QED) is 0.658. The molecule has 1 N–H and O–H groups in total. The zero-order chi connectivity index (χ0) is 18.8. The van der Waals surface area contributed by atoms with E-state index in [0.29, 0.717) is 28.3 Å². The van der Waals surface area contributed by atoms with Crippen molar-refractivity contribution in [1.29, 1.82) is 0 Å². The Kier molecular flexibility index (Phi) is 4.89. The molecular formula is C19H16F2N4OS. The summed E-state index contributed by atoms with van der Waals surface area (Å²) in [6, 6.07) is 12.1. The molecule has 8 heteroatoms. The van der Waals surface area contributed by atoms with Crippen LogP contribution in [0.15, 0.2) is 53.7 Å². The Morgan fingerprint density at radius 3 is 2.30 bits per heavy atom. The molecule has 1 aliphatic carbocycles. The van der Waals surface area contributed by atoms with Crippen LogP contribution in [0.5, 0.6) is 0 Å². The Balaban J connectivity index is 1.66. The van der Waals surface area contributed by atoms with Crippen LogP contribution in [-0.4, -0.2) is 32.5 Å². The van der Waals surface area contributed by atoms with Crippen LogP contribution in [0.3, 0.4) is 0 Å². The van der Waals surface area contributed by atoms with E-state index >= 15 is 0 Å². The van der Waals surface area contributed by atoms with Gasteiger partial charge in [-0.1, -0.05) is 11.8 Å². The maximum absolute atomic E-state index is 13.3. The summed E-state index contributed by atoms with van der Waals surface area (Å²) in [6.07, 6.45) is 2.05. The molecule has 1 saturated carbocycles. The number of thioether (sulfide) groups is 1. The molecule has 1 fully saturated rings. The first-order valence-corrected chi connectivity index (χ1v) is 9.48. The Labute approximate surface area is 158 Å². The normalized spacial score (nSPS) is 13.6. The van der Waals surface area contributed by atoms with Crippen molar-refractivity contribution in [3.63, 3.8) is 0 Å². The van der Waals surface area contributed by atoms with Gasteiger partial charge in [0.05, 0.1) is 5.75 Å². The molecule has 5 nitrogen and oxygen atoms in total. The third-order valence-corrected chi connectivity index (χ3v) is 5.02. The molecule has 0 bridgehead atoms. The van der Waals surface area contributed by atoms with Crippen molar-refractivity contribution >= 4 is 17.7 Å². The number of halogens is 2. The highest BCUT2D eigenvalue weighted by Gasteiger charge is 2.24. The average Bonchev–Trinajstić information content (AvgIpc) is 3.38. The van der Waals surface area contributed by atoms with Gasteiger partial charge >= 0.3 is 0 Å². The van der Waals surface area contributed by atoms with E-state index in [1.165, 1.54) is 36.0 Å². The lowest BCUT2D eigenvalue weighted by Crippen LogP contribution is -2.27. The lowest BCUT2D eigenvalue weighted by atomic mass is 10.2. The maximum atomic E-state index is 13.3. The van der Waals surface area contributed by atoms with Crippen molar-refractivity contribution in [1.82, 2.24) is 20.1 Å². The Bertz CT molecular complexity index is 953. The smallest absolute Gasteiger partial charge is 0.230 e. The maximum Gasteiger partial charge on any atom is 0.230 e. The van der Waals surface area contributed by atoms with E-state index in [4.69, 9.17) is 0 Å². The molecule has 138 valence electrons. The summed E-state index contributed by atoms with van der Waals surface area (Å²) >= 11 is 1.25. The number of amides is 1. The van der Waals surface area contributed by atoms with Crippen molar-refractivity contribution in [2.24, 2.45) is 0 Å². The highest BCUT2D eigenvalue weighted by Crippen LogP contribution is 2.28. The fourth-order valence-electron chi connectivity index (χ4n) is 2.60. The topological polar surface area (TPSA) is 59.8 Å². The molecule has 1 amide bonds. The molecule has 0 atom stereocenters. The zero-order valence-corrected chi connectivity index (χ0v) is 15.0. The summed E-state index contributed by atoms with van der Waals surface area (Å²) in [5, 5.41) is 11.8. The van der Waals surface area contributed by atoms with Crippen molar-refractivity contribution < 1.29 is 13.6 Å². The molecule has 0 unspecified atom stereocenters. The number of hydrogen-bond donors (Lipinski definition) is 1. The van der Waals surface area contributed by atoms with Gasteiger partial charge in [0.15, 0.2) is 11.0 Å². The highest BCUT2D eigenvalue weighted by molar-refractivity contribution is 7.99. The Hall–Kier alpha value is -2.74. The highest BCUT2D eigenvalue weighted by atomic mass is 32.2. The first-order valence-electron chi connectivity index (χ1n) is 8.49. The van der Waals surface area contributed by atoms with Crippen LogP contribution in [0.2, 0.25) is 0 Å². The largest absolute Gasteiger partial charge is 0.353 e. The zero-order valence-electron chi connectivity index (χ0n) is 14.2. The van der Waals surface area contributed by atoms with Gasteiger partial charge in [0.25, 0.3) is 0 Å². The van der Waals surface area contributed by atoms with Gasteiger partial charge in [0.2, 0.25) is 5.91 Å². The van der Waals surface area contributed by atoms with Gasteiger partial charge in [0, 0.05) is 17.3 Å². The molecule has 0 radical (unpaired) electrons.